The molecule has 0 bridgehead atoms. The topological polar surface area (TPSA) is 64.1 Å². The molecule has 3 N–H and O–H groups in total. The van der Waals surface area contributed by atoms with Gasteiger partial charge in [-0.05, 0) is 12.0 Å². The molecule has 0 aliphatic carbocycles. The Hall–Kier alpha value is -0.870. The van der Waals surface area contributed by atoms with Crippen molar-refractivity contribution < 1.29 is 5.11 Å². The zero-order valence-corrected chi connectivity index (χ0v) is 9.94. The van der Waals surface area contributed by atoms with Crippen LogP contribution in [0, 0.1) is 0 Å². The summed E-state index contributed by atoms with van der Waals surface area (Å²) < 4.78 is 1.86. The third-order valence-corrected chi connectivity index (χ3v) is 2.85. The first kappa shape index (κ1) is 12.2. The van der Waals surface area contributed by atoms with Crippen LogP contribution in [0.25, 0.3) is 0 Å². The summed E-state index contributed by atoms with van der Waals surface area (Å²) in [5.41, 5.74) is 7.97. The predicted molar refractivity (Wildman–Crippen MR) is 60.8 cm³/mol. The van der Waals surface area contributed by atoms with Gasteiger partial charge in [-0.25, -0.2) is 0 Å². The molecule has 1 aromatic rings. The van der Waals surface area contributed by atoms with Gasteiger partial charge in [0.05, 0.1) is 12.3 Å². The molecule has 86 valence electrons. The number of rotatable bonds is 4. The maximum Gasteiger partial charge on any atom is 0.0652 e. The Morgan fingerprint density at radius 1 is 1.47 bits per heavy atom. The molecule has 2 atom stereocenters. The highest BCUT2D eigenvalue weighted by atomic mass is 16.3. The number of aliphatic hydroxyl groups excluding tert-OH is 1. The molecule has 0 spiro atoms. The summed E-state index contributed by atoms with van der Waals surface area (Å²) in [5, 5.41) is 13.4. The first-order valence-electron chi connectivity index (χ1n) is 5.37. The highest BCUT2D eigenvalue weighted by molar-refractivity contribution is 5.18. The van der Waals surface area contributed by atoms with E-state index in [9.17, 15) is 0 Å². The van der Waals surface area contributed by atoms with Crippen LogP contribution in [-0.2, 0) is 7.05 Å². The molecule has 0 amide bonds. The molecule has 4 nitrogen and oxygen atoms in total. The first-order chi connectivity index (χ1) is 6.97. The first-order valence-corrected chi connectivity index (χ1v) is 5.37. The summed E-state index contributed by atoms with van der Waals surface area (Å²) in [4.78, 5) is 0. The summed E-state index contributed by atoms with van der Waals surface area (Å²) in [5.74, 6) is 0.544. The summed E-state index contributed by atoms with van der Waals surface area (Å²) in [7, 11) is 1.92. The van der Waals surface area contributed by atoms with E-state index in [0.29, 0.717) is 5.92 Å². The van der Waals surface area contributed by atoms with Crippen LogP contribution < -0.4 is 5.73 Å². The zero-order chi connectivity index (χ0) is 11.6. The Labute approximate surface area is 91.1 Å². The molecular weight excluding hydrogens is 190 g/mol. The van der Waals surface area contributed by atoms with Gasteiger partial charge in [-0.3, -0.25) is 4.68 Å². The lowest BCUT2D eigenvalue weighted by Crippen LogP contribution is -2.31. The van der Waals surface area contributed by atoms with Crippen molar-refractivity contribution in [3.63, 3.8) is 0 Å². The number of aliphatic hydroxyl groups is 1. The number of hydrogen-bond donors (Lipinski definition) is 2. The van der Waals surface area contributed by atoms with Crippen molar-refractivity contribution >= 4 is 0 Å². The number of aryl methyl sites for hydroxylation is 1. The standard InChI is InChI=1S/C11H21N3O/c1-7(2)10-5-11(14(4)13-10)8(3)9(12)6-15/h5,7-9,15H,6,12H2,1-4H3. The minimum Gasteiger partial charge on any atom is -0.395 e. The molecule has 0 fully saturated rings. The lowest BCUT2D eigenvalue weighted by atomic mass is 9.98. The van der Waals surface area contributed by atoms with Gasteiger partial charge < -0.3 is 10.8 Å². The SMILES string of the molecule is CC(C)c1cc(C(C)C(N)CO)n(C)n1. The fourth-order valence-electron chi connectivity index (χ4n) is 1.59. The summed E-state index contributed by atoms with van der Waals surface area (Å²) in [6.45, 7) is 6.25. The Bertz CT molecular complexity index is 320. The minimum absolute atomic E-state index is 0.00333. The van der Waals surface area contributed by atoms with E-state index in [-0.39, 0.29) is 18.6 Å². The molecule has 0 saturated carbocycles. The van der Waals surface area contributed by atoms with E-state index in [1.807, 2.05) is 18.7 Å². The number of nitrogens with two attached hydrogens (primary N) is 1. The van der Waals surface area contributed by atoms with Crippen LogP contribution in [-0.4, -0.2) is 27.5 Å². The fraction of sp³-hybridized carbons (Fsp3) is 0.727. The minimum atomic E-state index is -0.222. The lowest BCUT2D eigenvalue weighted by Gasteiger charge is -2.17. The van der Waals surface area contributed by atoms with Gasteiger partial charge in [0.2, 0.25) is 0 Å². The fourth-order valence-corrected chi connectivity index (χ4v) is 1.59. The Balaban J connectivity index is 2.94. The van der Waals surface area contributed by atoms with Gasteiger partial charge in [0, 0.05) is 24.7 Å². The molecule has 1 heterocycles. The van der Waals surface area contributed by atoms with Gasteiger partial charge >= 0.3 is 0 Å². The zero-order valence-electron chi connectivity index (χ0n) is 9.94. The van der Waals surface area contributed by atoms with Crippen molar-refractivity contribution in [2.45, 2.75) is 38.6 Å². The van der Waals surface area contributed by atoms with E-state index in [1.165, 1.54) is 0 Å². The molecule has 0 aliphatic rings. The van der Waals surface area contributed by atoms with E-state index in [1.54, 1.807) is 0 Å². The second-order valence-corrected chi connectivity index (χ2v) is 4.41. The molecule has 4 heteroatoms. The van der Waals surface area contributed by atoms with Gasteiger partial charge in [-0.1, -0.05) is 20.8 Å². The van der Waals surface area contributed by atoms with E-state index in [0.717, 1.165) is 11.4 Å². The second-order valence-electron chi connectivity index (χ2n) is 4.41. The van der Waals surface area contributed by atoms with Crippen LogP contribution in [0.15, 0.2) is 6.07 Å². The number of aromatic nitrogens is 2. The van der Waals surface area contributed by atoms with Gasteiger partial charge in [0.1, 0.15) is 0 Å². The molecule has 0 radical (unpaired) electrons. The monoisotopic (exact) mass is 211 g/mol. The van der Waals surface area contributed by atoms with E-state index in [2.05, 4.69) is 25.0 Å². The molecule has 0 aliphatic heterocycles. The van der Waals surface area contributed by atoms with Crippen molar-refractivity contribution in [3.05, 3.63) is 17.5 Å². The average molecular weight is 211 g/mol. The molecular formula is C11H21N3O. The van der Waals surface area contributed by atoms with Crippen LogP contribution >= 0.6 is 0 Å². The maximum absolute atomic E-state index is 9.02. The third kappa shape index (κ3) is 2.58. The molecule has 1 aromatic heterocycles. The Kier molecular flexibility index (Phi) is 3.88. The maximum atomic E-state index is 9.02. The van der Waals surface area contributed by atoms with Crippen LogP contribution in [0.3, 0.4) is 0 Å². The van der Waals surface area contributed by atoms with E-state index >= 15 is 0 Å². The summed E-state index contributed by atoms with van der Waals surface area (Å²) in [6, 6.07) is 1.85. The van der Waals surface area contributed by atoms with Crippen molar-refractivity contribution in [1.29, 1.82) is 0 Å². The highest BCUT2D eigenvalue weighted by Crippen LogP contribution is 2.21. The van der Waals surface area contributed by atoms with Gasteiger partial charge in [0.25, 0.3) is 0 Å². The molecule has 2 unspecified atom stereocenters. The molecule has 0 saturated heterocycles. The number of nitrogens with zero attached hydrogens (tertiary/aromatic N) is 2. The largest absolute Gasteiger partial charge is 0.395 e. The van der Waals surface area contributed by atoms with E-state index in [4.69, 9.17) is 10.8 Å². The third-order valence-electron chi connectivity index (χ3n) is 2.85. The lowest BCUT2D eigenvalue weighted by molar-refractivity contribution is 0.250. The molecule has 1 rings (SSSR count). The Morgan fingerprint density at radius 3 is 2.47 bits per heavy atom. The Morgan fingerprint density at radius 2 is 2.07 bits per heavy atom. The number of hydrogen-bond acceptors (Lipinski definition) is 3. The smallest absolute Gasteiger partial charge is 0.0652 e. The van der Waals surface area contributed by atoms with Crippen LogP contribution in [0.5, 0.6) is 0 Å². The van der Waals surface area contributed by atoms with Crippen molar-refractivity contribution in [2.75, 3.05) is 6.61 Å². The van der Waals surface area contributed by atoms with Crippen molar-refractivity contribution in [3.8, 4) is 0 Å². The normalized spacial score (nSPS) is 15.7. The van der Waals surface area contributed by atoms with Crippen LogP contribution in [0.2, 0.25) is 0 Å². The van der Waals surface area contributed by atoms with Crippen molar-refractivity contribution in [2.24, 2.45) is 12.8 Å². The summed E-state index contributed by atoms with van der Waals surface area (Å²) in [6.07, 6.45) is 0. The molecule has 0 aromatic carbocycles. The predicted octanol–water partition coefficient (Wildman–Crippen LogP) is 0.967. The second kappa shape index (κ2) is 4.77. The van der Waals surface area contributed by atoms with Gasteiger partial charge in [-0.15, -0.1) is 0 Å². The van der Waals surface area contributed by atoms with Gasteiger partial charge in [-0.2, -0.15) is 5.10 Å². The average Bonchev–Trinajstić information content (AvgIpc) is 2.58. The molecule has 15 heavy (non-hydrogen) atoms. The van der Waals surface area contributed by atoms with Crippen LogP contribution in [0.4, 0.5) is 0 Å². The summed E-state index contributed by atoms with van der Waals surface area (Å²) >= 11 is 0. The van der Waals surface area contributed by atoms with Crippen molar-refractivity contribution in [1.82, 2.24) is 9.78 Å². The quantitative estimate of drug-likeness (QED) is 0.780. The van der Waals surface area contributed by atoms with Gasteiger partial charge in [0.15, 0.2) is 0 Å². The van der Waals surface area contributed by atoms with Crippen LogP contribution in [0.1, 0.15) is 44.0 Å². The highest BCUT2D eigenvalue weighted by Gasteiger charge is 2.19. The van der Waals surface area contributed by atoms with E-state index < -0.39 is 0 Å².